The molecule has 4 nitrogen and oxygen atoms in total. The number of carbonyl (C=O) groups is 1. The standard InChI is InChI=1S/C11H15N3O/c12-6-10-5-9(3-4-13-10)11(15)14-7-8-1-2-8/h3-5,8H,1-2,6-7,12H2,(H,14,15). The van der Waals surface area contributed by atoms with E-state index in [2.05, 4.69) is 10.3 Å². The summed E-state index contributed by atoms with van der Waals surface area (Å²) in [5.41, 5.74) is 6.85. The van der Waals surface area contributed by atoms with Gasteiger partial charge in [-0.1, -0.05) is 0 Å². The van der Waals surface area contributed by atoms with Crippen LogP contribution in [0.15, 0.2) is 18.3 Å². The Morgan fingerprint density at radius 3 is 3.07 bits per heavy atom. The van der Waals surface area contributed by atoms with Gasteiger partial charge in [0.2, 0.25) is 0 Å². The Kier molecular flexibility index (Phi) is 2.97. The van der Waals surface area contributed by atoms with Gasteiger partial charge >= 0.3 is 0 Å². The minimum Gasteiger partial charge on any atom is -0.352 e. The maximum atomic E-state index is 11.7. The molecule has 4 heteroatoms. The molecular formula is C11H15N3O. The monoisotopic (exact) mass is 205 g/mol. The van der Waals surface area contributed by atoms with Gasteiger partial charge in [-0.05, 0) is 30.9 Å². The first-order chi connectivity index (χ1) is 7.29. The van der Waals surface area contributed by atoms with Crippen LogP contribution in [-0.4, -0.2) is 17.4 Å². The zero-order valence-corrected chi connectivity index (χ0v) is 8.57. The van der Waals surface area contributed by atoms with E-state index in [1.807, 2.05) is 0 Å². The van der Waals surface area contributed by atoms with Gasteiger partial charge in [0.25, 0.3) is 5.91 Å². The van der Waals surface area contributed by atoms with Crippen LogP contribution in [0, 0.1) is 5.92 Å². The van der Waals surface area contributed by atoms with E-state index in [1.54, 1.807) is 18.3 Å². The normalized spacial score (nSPS) is 15.0. The van der Waals surface area contributed by atoms with Gasteiger partial charge in [0.15, 0.2) is 0 Å². The molecular weight excluding hydrogens is 190 g/mol. The summed E-state index contributed by atoms with van der Waals surface area (Å²) in [6.07, 6.45) is 4.10. The van der Waals surface area contributed by atoms with Gasteiger partial charge in [0, 0.05) is 24.8 Å². The van der Waals surface area contributed by atoms with Crippen LogP contribution in [-0.2, 0) is 6.54 Å². The molecule has 3 N–H and O–H groups in total. The molecule has 80 valence electrons. The van der Waals surface area contributed by atoms with Crippen molar-refractivity contribution in [1.29, 1.82) is 0 Å². The second kappa shape index (κ2) is 4.40. The third kappa shape index (κ3) is 2.76. The average Bonchev–Trinajstić information content (AvgIpc) is 3.10. The first kappa shape index (κ1) is 10.1. The molecule has 1 aromatic heterocycles. The highest BCUT2D eigenvalue weighted by atomic mass is 16.1. The largest absolute Gasteiger partial charge is 0.352 e. The number of carbonyl (C=O) groups excluding carboxylic acids is 1. The molecule has 0 radical (unpaired) electrons. The van der Waals surface area contributed by atoms with Gasteiger partial charge in [-0.25, -0.2) is 0 Å². The quantitative estimate of drug-likeness (QED) is 0.759. The summed E-state index contributed by atoms with van der Waals surface area (Å²) in [5.74, 6) is 0.670. The molecule has 1 aliphatic carbocycles. The Bertz CT molecular complexity index is 361. The van der Waals surface area contributed by atoms with Crippen LogP contribution in [0.1, 0.15) is 28.9 Å². The molecule has 1 saturated carbocycles. The molecule has 1 aliphatic rings. The van der Waals surface area contributed by atoms with Crippen molar-refractivity contribution in [1.82, 2.24) is 10.3 Å². The fourth-order valence-corrected chi connectivity index (χ4v) is 1.39. The third-order valence-electron chi connectivity index (χ3n) is 2.54. The Balaban J connectivity index is 1.96. The zero-order valence-electron chi connectivity index (χ0n) is 8.57. The van der Waals surface area contributed by atoms with Gasteiger partial charge in [-0.15, -0.1) is 0 Å². The SMILES string of the molecule is NCc1cc(C(=O)NCC2CC2)ccn1. The number of pyridine rings is 1. The van der Waals surface area contributed by atoms with E-state index in [4.69, 9.17) is 5.73 Å². The van der Waals surface area contributed by atoms with Crippen molar-refractivity contribution < 1.29 is 4.79 Å². The van der Waals surface area contributed by atoms with Crippen molar-refractivity contribution >= 4 is 5.91 Å². The summed E-state index contributed by atoms with van der Waals surface area (Å²) >= 11 is 0. The summed E-state index contributed by atoms with van der Waals surface area (Å²) in [4.78, 5) is 15.7. The first-order valence-corrected chi connectivity index (χ1v) is 5.23. The molecule has 0 spiro atoms. The fourth-order valence-electron chi connectivity index (χ4n) is 1.39. The van der Waals surface area contributed by atoms with Gasteiger partial charge in [-0.2, -0.15) is 0 Å². The number of hydrogen-bond donors (Lipinski definition) is 2. The maximum Gasteiger partial charge on any atom is 0.251 e. The predicted octanol–water partition coefficient (Wildman–Crippen LogP) is 0.680. The van der Waals surface area contributed by atoms with Crippen molar-refractivity contribution in [3.63, 3.8) is 0 Å². The Hall–Kier alpha value is -1.42. The van der Waals surface area contributed by atoms with Crippen molar-refractivity contribution in [2.45, 2.75) is 19.4 Å². The molecule has 15 heavy (non-hydrogen) atoms. The lowest BCUT2D eigenvalue weighted by molar-refractivity contribution is 0.0951. The predicted molar refractivity (Wildman–Crippen MR) is 57.2 cm³/mol. The van der Waals surface area contributed by atoms with E-state index >= 15 is 0 Å². The third-order valence-corrected chi connectivity index (χ3v) is 2.54. The van der Waals surface area contributed by atoms with Crippen LogP contribution < -0.4 is 11.1 Å². The lowest BCUT2D eigenvalue weighted by Crippen LogP contribution is -2.25. The molecule has 0 bridgehead atoms. The fraction of sp³-hybridized carbons (Fsp3) is 0.455. The summed E-state index contributed by atoms with van der Waals surface area (Å²) in [5, 5.41) is 2.90. The van der Waals surface area contributed by atoms with Crippen molar-refractivity contribution in [2.75, 3.05) is 6.54 Å². The van der Waals surface area contributed by atoms with Gasteiger partial charge in [-0.3, -0.25) is 9.78 Å². The average molecular weight is 205 g/mol. The summed E-state index contributed by atoms with van der Waals surface area (Å²) < 4.78 is 0. The highest BCUT2D eigenvalue weighted by Gasteiger charge is 2.21. The second-order valence-electron chi connectivity index (χ2n) is 3.89. The number of nitrogens with one attached hydrogen (secondary N) is 1. The Labute approximate surface area is 88.9 Å². The van der Waals surface area contributed by atoms with E-state index in [0.717, 1.165) is 12.2 Å². The topological polar surface area (TPSA) is 68.0 Å². The van der Waals surface area contributed by atoms with Gasteiger partial charge in [0.1, 0.15) is 0 Å². The number of hydrogen-bond acceptors (Lipinski definition) is 3. The van der Waals surface area contributed by atoms with Crippen LogP contribution in [0.2, 0.25) is 0 Å². The molecule has 1 amide bonds. The van der Waals surface area contributed by atoms with Crippen LogP contribution in [0.3, 0.4) is 0 Å². The van der Waals surface area contributed by atoms with Crippen LogP contribution in [0.5, 0.6) is 0 Å². The minimum atomic E-state index is -0.0287. The van der Waals surface area contributed by atoms with E-state index in [0.29, 0.717) is 18.0 Å². The smallest absolute Gasteiger partial charge is 0.251 e. The summed E-state index contributed by atoms with van der Waals surface area (Å²) in [6.45, 7) is 1.16. The van der Waals surface area contributed by atoms with Crippen molar-refractivity contribution in [3.8, 4) is 0 Å². The molecule has 0 aliphatic heterocycles. The van der Waals surface area contributed by atoms with Crippen LogP contribution >= 0.6 is 0 Å². The first-order valence-electron chi connectivity index (χ1n) is 5.23. The van der Waals surface area contributed by atoms with E-state index in [1.165, 1.54) is 12.8 Å². The highest BCUT2D eigenvalue weighted by Crippen LogP contribution is 2.27. The van der Waals surface area contributed by atoms with Gasteiger partial charge in [0.05, 0.1) is 5.69 Å². The van der Waals surface area contributed by atoms with E-state index in [9.17, 15) is 4.79 Å². The minimum absolute atomic E-state index is 0.0287. The Morgan fingerprint density at radius 2 is 2.40 bits per heavy atom. The molecule has 0 aromatic carbocycles. The second-order valence-corrected chi connectivity index (χ2v) is 3.89. The molecule has 1 fully saturated rings. The highest BCUT2D eigenvalue weighted by molar-refractivity contribution is 5.94. The molecule has 1 aromatic rings. The molecule has 1 heterocycles. The van der Waals surface area contributed by atoms with E-state index < -0.39 is 0 Å². The number of rotatable bonds is 4. The number of amides is 1. The number of nitrogens with two attached hydrogens (primary N) is 1. The summed E-state index contributed by atoms with van der Waals surface area (Å²) in [7, 11) is 0. The number of nitrogens with zero attached hydrogens (tertiary/aromatic N) is 1. The molecule has 2 rings (SSSR count). The molecule has 0 atom stereocenters. The molecule has 0 unspecified atom stereocenters. The molecule has 0 saturated heterocycles. The van der Waals surface area contributed by atoms with Crippen LogP contribution in [0.4, 0.5) is 0 Å². The zero-order chi connectivity index (χ0) is 10.7. The van der Waals surface area contributed by atoms with E-state index in [-0.39, 0.29) is 5.91 Å². The lowest BCUT2D eigenvalue weighted by atomic mass is 10.2. The maximum absolute atomic E-state index is 11.7. The Morgan fingerprint density at radius 1 is 1.60 bits per heavy atom. The van der Waals surface area contributed by atoms with Gasteiger partial charge < -0.3 is 11.1 Å². The van der Waals surface area contributed by atoms with Crippen molar-refractivity contribution in [3.05, 3.63) is 29.6 Å². The van der Waals surface area contributed by atoms with Crippen LogP contribution in [0.25, 0.3) is 0 Å². The number of aromatic nitrogens is 1. The van der Waals surface area contributed by atoms with Crippen molar-refractivity contribution in [2.24, 2.45) is 11.7 Å². The summed E-state index contributed by atoms with van der Waals surface area (Å²) in [6, 6.07) is 3.45. The lowest BCUT2D eigenvalue weighted by Gasteiger charge is -2.04.